The molecule has 0 fully saturated rings. The van der Waals surface area contributed by atoms with Gasteiger partial charge in [-0.05, 0) is 36.4 Å². The van der Waals surface area contributed by atoms with Crippen LogP contribution in [0.1, 0.15) is 5.56 Å². The molecule has 0 aliphatic heterocycles. The molecule has 0 radical (unpaired) electrons. The fourth-order valence-electron chi connectivity index (χ4n) is 3.24. The van der Waals surface area contributed by atoms with Gasteiger partial charge in [0.2, 0.25) is 0 Å². The Morgan fingerprint density at radius 3 is 2.44 bits per heavy atom. The lowest BCUT2D eigenvalue weighted by Crippen LogP contribution is -2.05. The summed E-state index contributed by atoms with van der Waals surface area (Å²) in [5.74, 6) is 0. The van der Waals surface area contributed by atoms with Crippen LogP contribution in [0.2, 0.25) is 0 Å². The number of sulfone groups is 1. The van der Waals surface area contributed by atoms with Crippen LogP contribution in [0.25, 0.3) is 16.9 Å². The van der Waals surface area contributed by atoms with E-state index in [9.17, 15) is 18.5 Å². The van der Waals surface area contributed by atoms with Crippen molar-refractivity contribution in [1.82, 2.24) is 14.8 Å². The summed E-state index contributed by atoms with van der Waals surface area (Å²) in [5, 5.41) is 19.3. The third-order valence-electron chi connectivity index (χ3n) is 4.83. The summed E-state index contributed by atoms with van der Waals surface area (Å²) in [5.41, 5.74) is 3.15. The number of aromatic nitrogens is 3. The smallest absolute Gasteiger partial charge is 0.293 e. The van der Waals surface area contributed by atoms with Crippen LogP contribution in [0.15, 0.2) is 84.1 Å². The molecule has 1 N–H and O–H groups in total. The van der Waals surface area contributed by atoms with E-state index in [0.29, 0.717) is 5.69 Å². The number of nitro benzene ring substituents is 1. The van der Waals surface area contributed by atoms with Crippen molar-refractivity contribution in [3.05, 3.63) is 94.9 Å². The number of benzene rings is 2. The normalized spacial score (nSPS) is 11.3. The van der Waals surface area contributed by atoms with Crippen LogP contribution < -0.4 is 5.32 Å². The molecule has 0 spiro atoms. The first-order valence-electron chi connectivity index (χ1n) is 9.59. The summed E-state index contributed by atoms with van der Waals surface area (Å²) in [7, 11) is -3.56. The van der Waals surface area contributed by atoms with Gasteiger partial charge < -0.3 is 5.32 Å². The summed E-state index contributed by atoms with van der Waals surface area (Å²) in [4.78, 5) is 14.9. The number of nitrogens with zero attached hydrogens (tertiary/aromatic N) is 4. The van der Waals surface area contributed by atoms with E-state index >= 15 is 0 Å². The Balaban J connectivity index is 1.70. The first kappa shape index (κ1) is 21.2. The SMILES string of the molecule is CS(=O)(=O)c1ccc(NCc2cn(-c3ccccc3)nc2-c2ccncc2)c([N+](=O)[O-])c1. The van der Waals surface area contributed by atoms with E-state index in [1.165, 1.54) is 12.1 Å². The number of nitrogens with one attached hydrogen (secondary N) is 1. The van der Waals surface area contributed by atoms with E-state index in [1.54, 1.807) is 17.1 Å². The predicted octanol–water partition coefficient (Wildman–Crippen LogP) is 3.86. The van der Waals surface area contributed by atoms with Gasteiger partial charge in [0.15, 0.2) is 9.84 Å². The highest BCUT2D eigenvalue weighted by molar-refractivity contribution is 7.90. The minimum absolute atomic E-state index is 0.107. The molecule has 0 amide bonds. The Morgan fingerprint density at radius 1 is 1.06 bits per heavy atom. The minimum atomic E-state index is -3.56. The van der Waals surface area contributed by atoms with Gasteiger partial charge in [-0.1, -0.05) is 18.2 Å². The van der Waals surface area contributed by atoms with Crippen molar-refractivity contribution in [2.24, 2.45) is 0 Å². The summed E-state index contributed by atoms with van der Waals surface area (Å²) < 4.78 is 25.3. The van der Waals surface area contributed by atoms with Crippen LogP contribution in [0.4, 0.5) is 11.4 Å². The molecule has 0 aliphatic rings. The van der Waals surface area contributed by atoms with Crippen molar-refractivity contribution < 1.29 is 13.3 Å². The monoisotopic (exact) mass is 449 g/mol. The topological polar surface area (TPSA) is 120 Å². The van der Waals surface area contributed by atoms with Crippen molar-refractivity contribution in [3.8, 4) is 16.9 Å². The van der Waals surface area contributed by atoms with Gasteiger partial charge in [-0.2, -0.15) is 5.10 Å². The maximum Gasteiger partial charge on any atom is 0.293 e. The van der Waals surface area contributed by atoms with E-state index in [4.69, 9.17) is 5.10 Å². The molecule has 0 atom stereocenters. The zero-order valence-electron chi connectivity index (χ0n) is 17.0. The molecule has 4 aromatic rings. The molecule has 0 saturated heterocycles. The molecule has 162 valence electrons. The van der Waals surface area contributed by atoms with Gasteiger partial charge >= 0.3 is 0 Å². The number of rotatable bonds is 7. The molecule has 0 bridgehead atoms. The van der Waals surface area contributed by atoms with Gasteiger partial charge in [-0.3, -0.25) is 15.1 Å². The molecule has 0 aliphatic carbocycles. The van der Waals surface area contributed by atoms with Crippen LogP contribution in [-0.2, 0) is 16.4 Å². The predicted molar refractivity (Wildman–Crippen MR) is 120 cm³/mol. The Bertz CT molecular complexity index is 1370. The summed E-state index contributed by atoms with van der Waals surface area (Å²) >= 11 is 0. The van der Waals surface area contributed by atoms with E-state index < -0.39 is 14.8 Å². The van der Waals surface area contributed by atoms with Crippen molar-refractivity contribution in [2.75, 3.05) is 11.6 Å². The van der Waals surface area contributed by atoms with Crippen LogP contribution >= 0.6 is 0 Å². The highest BCUT2D eigenvalue weighted by Crippen LogP contribution is 2.29. The van der Waals surface area contributed by atoms with E-state index in [-0.39, 0.29) is 22.8 Å². The van der Waals surface area contributed by atoms with E-state index in [0.717, 1.165) is 29.1 Å². The molecule has 10 heteroatoms. The van der Waals surface area contributed by atoms with Crippen LogP contribution in [0.3, 0.4) is 0 Å². The molecule has 0 unspecified atom stereocenters. The molecule has 2 heterocycles. The van der Waals surface area contributed by atoms with Crippen LogP contribution in [0, 0.1) is 10.1 Å². The molecule has 2 aromatic heterocycles. The second-order valence-electron chi connectivity index (χ2n) is 7.08. The average molecular weight is 449 g/mol. The highest BCUT2D eigenvalue weighted by Gasteiger charge is 2.20. The van der Waals surface area contributed by atoms with Gasteiger partial charge in [0.25, 0.3) is 5.69 Å². The zero-order valence-corrected chi connectivity index (χ0v) is 17.9. The first-order valence-corrected chi connectivity index (χ1v) is 11.5. The number of hydrogen-bond donors (Lipinski definition) is 1. The third kappa shape index (κ3) is 4.49. The lowest BCUT2D eigenvalue weighted by molar-refractivity contribution is -0.384. The Kier molecular flexibility index (Phi) is 5.69. The second-order valence-corrected chi connectivity index (χ2v) is 9.10. The number of para-hydroxylation sites is 1. The minimum Gasteiger partial charge on any atom is -0.375 e. The summed E-state index contributed by atoms with van der Waals surface area (Å²) in [6, 6.07) is 17.1. The lowest BCUT2D eigenvalue weighted by atomic mass is 10.1. The molecule has 4 rings (SSSR count). The standard InChI is InChI=1S/C22H19N5O4S/c1-32(30,31)19-7-8-20(21(13-19)27(28)29)24-14-17-15-26(18-5-3-2-4-6-18)25-22(17)16-9-11-23-12-10-16/h2-13,15,24H,14H2,1H3. The van der Waals surface area contributed by atoms with Crippen LogP contribution in [0.5, 0.6) is 0 Å². The highest BCUT2D eigenvalue weighted by atomic mass is 32.2. The fraction of sp³-hybridized carbons (Fsp3) is 0.0909. The quantitative estimate of drug-likeness (QED) is 0.336. The number of anilines is 1. The molecular weight excluding hydrogens is 430 g/mol. The van der Waals surface area contributed by atoms with Crippen molar-refractivity contribution in [1.29, 1.82) is 0 Å². The van der Waals surface area contributed by atoms with Crippen molar-refractivity contribution in [3.63, 3.8) is 0 Å². The molecule has 9 nitrogen and oxygen atoms in total. The fourth-order valence-corrected chi connectivity index (χ4v) is 3.88. The van der Waals surface area contributed by atoms with Crippen molar-refractivity contribution in [2.45, 2.75) is 11.4 Å². The molecular formula is C22H19N5O4S. The Morgan fingerprint density at radius 2 is 1.78 bits per heavy atom. The van der Waals surface area contributed by atoms with Gasteiger partial charge in [-0.15, -0.1) is 0 Å². The van der Waals surface area contributed by atoms with Gasteiger partial charge in [0.05, 0.1) is 21.2 Å². The second kappa shape index (κ2) is 8.60. The van der Waals surface area contributed by atoms with Crippen LogP contribution in [-0.4, -0.2) is 34.4 Å². The molecule has 0 saturated carbocycles. The van der Waals surface area contributed by atoms with E-state index in [2.05, 4.69) is 10.3 Å². The number of nitro groups is 1. The maximum absolute atomic E-state index is 11.8. The summed E-state index contributed by atoms with van der Waals surface area (Å²) in [6.07, 6.45) is 6.21. The summed E-state index contributed by atoms with van der Waals surface area (Å²) in [6.45, 7) is 0.240. The molecule has 32 heavy (non-hydrogen) atoms. The third-order valence-corrected chi connectivity index (χ3v) is 5.94. The average Bonchev–Trinajstić information content (AvgIpc) is 3.22. The van der Waals surface area contributed by atoms with Gasteiger partial charge in [0, 0.05) is 48.6 Å². The molecule has 2 aromatic carbocycles. The number of hydrogen-bond acceptors (Lipinski definition) is 7. The Labute approximate surface area is 184 Å². The van der Waals surface area contributed by atoms with E-state index in [1.807, 2.05) is 48.7 Å². The largest absolute Gasteiger partial charge is 0.375 e. The zero-order chi connectivity index (χ0) is 22.7. The lowest BCUT2D eigenvalue weighted by Gasteiger charge is -2.08. The Hall–Kier alpha value is -4.05. The van der Waals surface area contributed by atoms with Crippen molar-refractivity contribution >= 4 is 21.2 Å². The van der Waals surface area contributed by atoms with Gasteiger partial charge in [0.1, 0.15) is 5.69 Å². The maximum atomic E-state index is 11.8. The number of pyridine rings is 1. The first-order chi connectivity index (χ1) is 15.3. The van der Waals surface area contributed by atoms with Gasteiger partial charge in [-0.25, -0.2) is 13.1 Å².